The maximum atomic E-state index is 10.1. The standard InChI is InChI=1S/C10H16O2/c1-2-5-10(8-12-9-11)6-3-4-7-10/h2,9H,1,3-8H2. The van der Waals surface area contributed by atoms with Crippen molar-refractivity contribution in [3.05, 3.63) is 12.7 Å². The van der Waals surface area contributed by atoms with Crippen LogP contribution in [0.4, 0.5) is 0 Å². The average Bonchev–Trinajstić information content (AvgIpc) is 2.51. The van der Waals surface area contributed by atoms with Crippen molar-refractivity contribution in [2.24, 2.45) is 5.41 Å². The number of rotatable bonds is 5. The molecule has 1 saturated carbocycles. The van der Waals surface area contributed by atoms with Crippen LogP contribution in [-0.4, -0.2) is 13.1 Å². The van der Waals surface area contributed by atoms with E-state index in [0.29, 0.717) is 13.1 Å². The Balaban J connectivity index is 2.45. The summed E-state index contributed by atoms with van der Waals surface area (Å²) in [5, 5.41) is 0. The van der Waals surface area contributed by atoms with Crippen LogP contribution < -0.4 is 0 Å². The van der Waals surface area contributed by atoms with Crippen LogP contribution in [-0.2, 0) is 9.53 Å². The highest BCUT2D eigenvalue weighted by molar-refractivity contribution is 5.37. The SMILES string of the molecule is C=CCC1(COC=O)CCCC1. The highest BCUT2D eigenvalue weighted by Gasteiger charge is 2.33. The fourth-order valence-electron chi connectivity index (χ4n) is 2.05. The van der Waals surface area contributed by atoms with Crippen molar-refractivity contribution < 1.29 is 9.53 Å². The zero-order valence-corrected chi connectivity index (χ0v) is 7.42. The first-order chi connectivity index (χ1) is 5.83. The fraction of sp³-hybridized carbons (Fsp3) is 0.700. The van der Waals surface area contributed by atoms with Gasteiger partial charge in [0.25, 0.3) is 6.47 Å². The summed E-state index contributed by atoms with van der Waals surface area (Å²) in [4.78, 5) is 10.1. The van der Waals surface area contributed by atoms with E-state index in [-0.39, 0.29) is 5.41 Å². The van der Waals surface area contributed by atoms with E-state index in [2.05, 4.69) is 6.58 Å². The summed E-state index contributed by atoms with van der Waals surface area (Å²) in [5.74, 6) is 0. The van der Waals surface area contributed by atoms with Crippen LogP contribution in [0, 0.1) is 5.41 Å². The maximum Gasteiger partial charge on any atom is 0.293 e. The van der Waals surface area contributed by atoms with Crippen molar-refractivity contribution in [3.8, 4) is 0 Å². The lowest BCUT2D eigenvalue weighted by molar-refractivity contribution is -0.132. The summed E-state index contributed by atoms with van der Waals surface area (Å²) in [6.07, 6.45) is 7.77. The molecule has 0 aliphatic heterocycles. The molecule has 0 saturated heterocycles. The molecule has 1 aliphatic carbocycles. The van der Waals surface area contributed by atoms with Crippen molar-refractivity contribution in [2.45, 2.75) is 32.1 Å². The monoisotopic (exact) mass is 168 g/mol. The molecule has 0 radical (unpaired) electrons. The first-order valence-electron chi connectivity index (χ1n) is 4.49. The summed E-state index contributed by atoms with van der Waals surface area (Å²) in [7, 11) is 0. The number of carbonyl (C=O) groups excluding carboxylic acids is 1. The molecule has 0 aromatic heterocycles. The quantitative estimate of drug-likeness (QED) is 0.465. The van der Waals surface area contributed by atoms with Crippen molar-refractivity contribution in [2.75, 3.05) is 6.61 Å². The number of carbonyl (C=O) groups is 1. The second-order valence-corrected chi connectivity index (χ2v) is 3.61. The average molecular weight is 168 g/mol. The number of hydrogen-bond acceptors (Lipinski definition) is 2. The molecular formula is C10H16O2. The Morgan fingerprint density at radius 2 is 2.08 bits per heavy atom. The zero-order chi connectivity index (χ0) is 8.86. The minimum Gasteiger partial charge on any atom is -0.467 e. The number of allylic oxidation sites excluding steroid dienone is 1. The van der Waals surface area contributed by atoms with E-state index >= 15 is 0 Å². The Morgan fingerprint density at radius 3 is 2.58 bits per heavy atom. The highest BCUT2D eigenvalue weighted by atomic mass is 16.5. The van der Waals surface area contributed by atoms with Crippen LogP contribution in [0.3, 0.4) is 0 Å². The van der Waals surface area contributed by atoms with E-state index in [4.69, 9.17) is 4.74 Å². The minimum absolute atomic E-state index is 0.225. The molecule has 0 N–H and O–H groups in total. The van der Waals surface area contributed by atoms with Crippen molar-refractivity contribution >= 4 is 6.47 Å². The number of hydrogen-bond donors (Lipinski definition) is 0. The van der Waals surface area contributed by atoms with Gasteiger partial charge in [-0.1, -0.05) is 18.9 Å². The van der Waals surface area contributed by atoms with Gasteiger partial charge in [0.15, 0.2) is 0 Å². The smallest absolute Gasteiger partial charge is 0.293 e. The lowest BCUT2D eigenvalue weighted by atomic mass is 9.84. The van der Waals surface area contributed by atoms with Gasteiger partial charge in [-0.3, -0.25) is 4.79 Å². The summed E-state index contributed by atoms with van der Waals surface area (Å²) < 4.78 is 4.85. The molecule has 12 heavy (non-hydrogen) atoms. The third-order valence-corrected chi connectivity index (χ3v) is 2.70. The van der Waals surface area contributed by atoms with Gasteiger partial charge in [0.1, 0.15) is 0 Å². The van der Waals surface area contributed by atoms with Gasteiger partial charge in [0.2, 0.25) is 0 Å². The van der Waals surface area contributed by atoms with E-state index in [9.17, 15) is 4.79 Å². The topological polar surface area (TPSA) is 26.3 Å². The van der Waals surface area contributed by atoms with E-state index < -0.39 is 0 Å². The molecule has 0 unspecified atom stereocenters. The van der Waals surface area contributed by atoms with Crippen LogP contribution >= 0.6 is 0 Å². The molecule has 2 nitrogen and oxygen atoms in total. The van der Waals surface area contributed by atoms with Gasteiger partial charge in [-0.05, 0) is 19.3 Å². The van der Waals surface area contributed by atoms with E-state index in [0.717, 1.165) is 6.42 Å². The van der Waals surface area contributed by atoms with Crippen LogP contribution in [0.2, 0.25) is 0 Å². The molecule has 0 aromatic rings. The highest BCUT2D eigenvalue weighted by Crippen LogP contribution is 2.41. The minimum atomic E-state index is 0.225. The molecule has 0 atom stereocenters. The molecular weight excluding hydrogens is 152 g/mol. The summed E-state index contributed by atoms with van der Waals surface area (Å²) >= 11 is 0. The maximum absolute atomic E-state index is 10.1. The Labute approximate surface area is 73.6 Å². The van der Waals surface area contributed by atoms with E-state index in [1.807, 2.05) is 6.08 Å². The fourth-order valence-corrected chi connectivity index (χ4v) is 2.05. The molecule has 0 aromatic carbocycles. The molecule has 1 rings (SSSR count). The number of ether oxygens (including phenoxy) is 1. The summed E-state index contributed by atoms with van der Waals surface area (Å²) in [5.41, 5.74) is 0.225. The Kier molecular flexibility index (Phi) is 3.32. The van der Waals surface area contributed by atoms with Crippen LogP contribution in [0.5, 0.6) is 0 Å². The summed E-state index contributed by atoms with van der Waals surface area (Å²) in [6.45, 7) is 4.85. The zero-order valence-electron chi connectivity index (χ0n) is 7.42. The Bertz CT molecular complexity index is 157. The molecule has 0 heterocycles. The second kappa shape index (κ2) is 4.29. The Hall–Kier alpha value is -0.790. The summed E-state index contributed by atoms with van der Waals surface area (Å²) in [6, 6.07) is 0. The van der Waals surface area contributed by atoms with Gasteiger partial charge in [-0.25, -0.2) is 0 Å². The lowest BCUT2D eigenvalue weighted by Crippen LogP contribution is -2.22. The van der Waals surface area contributed by atoms with Crippen LogP contribution in [0.25, 0.3) is 0 Å². The second-order valence-electron chi connectivity index (χ2n) is 3.61. The van der Waals surface area contributed by atoms with Gasteiger partial charge >= 0.3 is 0 Å². The molecule has 0 spiro atoms. The van der Waals surface area contributed by atoms with E-state index in [1.54, 1.807) is 0 Å². The Morgan fingerprint density at radius 1 is 1.42 bits per heavy atom. The largest absolute Gasteiger partial charge is 0.467 e. The van der Waals surface area contributed by atoms with Gasteiger partial charge < -0.3 is 4.74 Å². The first kappa shape index (κ1) is 9.30. The van der Waals surface area contributed by atoms with Gasteiger partial charge in [0.05, 0.1) is 6.61 Å². The molecule has 1 fully saturated rings. The third kappa shape index (κ3) is 2.10. The van der Waals surface area contributed by atoms with Crippen molar-refractivity contribution in [1.29, 1.82) is 0 Å². The van der Waals surface area contributed by atoms with Crippen LogP contribution in [0.15, 0.2) is 12.7 Å². The molecule has 68 valence electrons. The molecule has 2 heteroatoms. The first-order valence-corrected chi connectivity index (χ1v) is 4.49. The predicted molar refractivity (Wildman–Crippen MR) is 47.7 cm³/mol. The lowest BCUT2D eigenvalue weighted by Gasteiger charge is -2.25. The van der Waals surface area contributed by atoms with Gasteiger partial charge in [-0.2, -0.15) is 0 Å². The predicted octanol–water partition coefficient (Wildman–Crippen LogP) is 2.30. The molecule has 0 amide bonds. The van der Waals surface area contributed by atoms with Crippen LogP contribution in [0.1, 0.15) is 32.1 Å². The van der Waals surface area contributed by atoms with Crippen molar-refractivity contribution in [3.63, 3.8) is 0 Å². The van der Waals surface area contributed by atoms with E-state index in [1.165, 1.54) is 25.7 Å². The third-order valence-electron chi connectivity index (χ3n) is 2.70. The molecule has 0 bridgehead atoms. The van der Waals surface area contributed by atoms with Crippen molar-refractivity contribution in [1.82, 2.24) is 0 Å². The van der Waals surface area contributed by atoms with Gasteiger partial charge in [0, 0.05) is 5.41 Å². The normalized spacial score (nSPS) is 20.3. The molecule has 1 aliphatic rings. The van der Waals surface area contributed by atoms with Gasteiger partial charge in [-0.15, -0.1) is 6.58 Å².